The Morgan fingerprint density at radius 1 is 1.35 bits per heavy atom. The van der Waals surface area contributed by atoms with E-state index in [1.165, 1.54) is 0 Å². The van der Waals surface area contributed by atoms with Crippen LogP contribution in [0.25, 0.3) is 0 Å². The molecule has 0 radical (unpaired) electrons. The van der Waals surface area contributed by atoms with E-state index in [2.05, 4.69) is 31.1 Å². The van der Waals surface area contributed by atoms with Gasteiger partial charge in [-0.3, -0.25) is 0 Å². The van der Waals surface area contributed by atoms with E-state index in [0.29, 0.717) is 12.5 Å². The summed E-state index contributed by atoms with van der Waals surface area (Å²) >= 11 is 1.71. The first-order valence-corrected chi connectivity index (χ1v) is 8.80. The van der Waals surface area contributed by atoms with Gasteiger partial charge in [-0.1, -0.05) is 13.8 Å². The van der Waals surface area contributed by atoms with Crippen LogP contribution in [-0.2, 0) is 6.54 Å². The number of hydrogen-bond acceptors (Lipinski definition) is 3. The van der Waals surface area contributed by atoms with Crippen LogP contribution in [0.4, 0.5) is 4.79 Å². The maximum absolute atomic E-state index is 12.3. The van der Waals surface area contributed by atoms with Crippen LogP contribution in [0, 0.1) is 6.92 Å². The van der Waals surface area contributed by atoms with Crippen LogP contribution < -0.4 is 5.32 Å². The molecule has 0 aromatic carbocycles. The summed E-state index contributed by atoms with van der Waals surface area (Å²) in [4.78, 5) is 19.9. The smallest absolute Gasteiger partial charge is 0.317 e. The molecule has 2 heterocycles. The molecule has 1 unspecified atom stereocenters. The highest BCUT2D eigenvalue weighted by Crippen LogP contribution is 2.31. The molecule has 2 aromatic rings. The number of amides is 2. The lowest BCUT2D eigenvalue weighted by atomic mass is 10.2. The standard InChI is InChI=1S/C17H26N4OS/c1-12(2)16-19-13(3)15(23-16)14(4)20(5)17(22)18-8-11-21-9-6-7-10-21/h6-7,9-10,12,14H,8,11H2,1-5H3,(H,18,22). The van der Waals surface area contributed by atoms with Crippen molar-refractivity contribution in [2.45, 2.75) is 46.2 Å². The van der Waals surface area contributed by atoms with Crippen molar-refractivity contribution < 1.29 is 4.79 Å². The van der Waals surface area contributed by atoms with Crippen molar-refractivity contribution in [3.8, 4) is 0 Å². The van der Waals surface area contributed by atoms with Gasteiger partial charge in [0.2, 0.25) is 0 Å². The highest BCUT2D eigenvalue weighted by molar-refractivity contribution is 7.11. The Morgan fingerprint density at radius 2 is 2.00 bits per heavy atom. The van der Waals surface area contributed by atoms with E-state index < -0.39 is 0 Å². The summed E-state index contributed by atoms with van der Waals surface area (Å²) < 4.78 is 2.05. The number of aryl methyl sites for hydroxylation is 1. The minimum absolute atomic E-state index is 0.0200. The maximum atomic E-state index is 12.3. The average molecular weight is 334 g/mol. The molecule has 2 amide bonds. The van der Waals surface area contributed by atoms with Gasteiger partial charge in [-0.2, -0.15) is 0 Å². The third-order valence-electron chi connectivity index (χ3n) is 3.94. The molecule has 0 aliphatic carbocycles. The zero-order valence-electron chi connectivity index (χ0n) is 14.5. The third kappa shape index (κ3) is 4.34. The number of rotatable bonds is 6. The first-order chi connectivity index (χ1) is 10.9. The molecule has 23 heavy (non-hydrogen) atoms. The van der Waals surface area contributed by atoms with Crippen molar-refractivity contribution in [2.24, 2.45) is 0 Å². The quantitative estimate of drug-likeness (QED) is 0.874. The molecule has 0 fully saturated rings. The molecule has 1 atom stereocenters. The Morgan fingerprint density at radius 3 is 2.57 bits per heavy atom. The van der Waals surface area contributed by atoms with Crippen molar-refractivity contribution in [2.75, 3.05) is 13.6 Å². The summed E-state index contributed by atoms with van der Waals surface area (Å²) in [5, 5.41) is 4.10. The molecule has 0 aliphatic rings. The summed E-state index contributed by atoms with van der Waals surface area (Å²) in [5.41, 5.74) is 1.03. The Kier molecular flexibility index (Phi) is 5.82. The van der Waals surface area contributed by atoms with Crippen LogP contribution in [-0.4, -0.2) is 34.1 Å². The van der Waals surface area contributed by atoms with Crippen molar-refractivity contribution >= 4 is 17.4 Å². The second kappa shape index (κ2) is 7.64. The first-order valence-electron chi connectivity index (χ1n) is 7.98. The second-order valence-electron chi connectivity index (χ2n) is 6.10. The van der Waals surface area contributed by atoms with Gasteiger partial charge in [-0.15, -0.1) is 11.3 Å². The molecule has 126 valence electrons. The van der Waals surface area contributed by atoms with Crippen LogP contribution in [0.3, 0.4) is 0 Å². The molecule has 2 aromatic heterocycles. The minimum Gasteiger partial charge on any atom is -0.353 e. The van der Waals surface area contributed by atoms with Gasteiger partial charge in [-0.05, 0) is 26.0 Å². The lowest BCUT2D eigenvalue weighted by molar-refractivity contribution is 0.194. The number of hydrogen-bond donors (Lipinski definition) is 1. The van der Waals surface area contributed by atoms with Crippen LogP contribution in [0.1, 0.15) is 48.3 Å². The predicted molar refractivity (Wildman–Crippen MR) is 94.9 cm³/mol. The lowest BCUT2D eigenvalue weighted by Gasteiger charge is -2.24. The Labute approximate surface area is 142 Å². The molecule has 0 saturated carbocycles. The topological polar surface area (TPSA) is 50.2 Å². The molecule has 1 N–H and O–H groups in total. The first kappa shape index (κ1) is 17.5. The van der Waals surface area contributed by atoms with Crippen LogP contribution in [0.15, 0.2) is 24.5 Å². The van der Waals surface area contributed by atoms with Gasteiger partial charge < -0.3 is 14.8 Å². The summed E-state index contributed by atoms with van der Waals surface area (Å²) in [5.74, 6) is 0.417. The lowest BCUT2D eigenvalue weighted by Crippen LogP contribution is -2.39. The van der Waals surface area contributed by atoms with E-state index in [4.69, 9.17) is 0 Å². The van der Waals surface area contributed by atoms with Gasteiger partial charge in [0.05, 0.1) is 16.7 Å². The highest BCUT2D eigenvalue weighted by Gasteiger charge is 2.22. The van der Waals surface area contributed by atoms with E-state index in [1.807, 2.05) is 43.1 Å². The summed E-state index contributed by atoms with van der Waals surface area (Å²) in [6, 6.07) is 3.93. The van der Waals surface area contributed by atoms with Crippen molar-refractivity contribution in [1.29, 1.82) is 0 Å². The highest BCUT2D eigenvalue weighted by atomic mass is 32.1. The third-order valence-corrected chi connectivity index (χ3v) is 5.56. The summed E-state index contributed by atoms with van der Waals surface area (Å²) in [7, 11) is 1.84. The summed E-state index contributed by atoms with van der Waals surface area (Å²) in [6.45, 7) is 9.75. The Bertz CT molecular complexity index is 633. The second-order valence-corrected chi connectivity index (χ2v) is 7.16. The average Bonchev–Trinajstić information content (AvgIpc) is 3.15. The Hall–Kier alpha value is -1.82. The maximum Gasteiger partial charge on any atom is 0.317 e. The molecule has 0 spiro atoms. The predicted octanol–water partition coefficient (Wildman–Crippen LogP) is 3.78. The van der Waals surface area contributed by atoms with E-state index in [1.54, 1.807) is 16.2 Å². The van der Waals surface area contributed by atoms with Crippen LogP contribution in [0.2, 0.25) is 0 Å². The number of carbonyl (C=O) groups is 1. The van der Waals surface area contributed by atoms with Gasteiger partial charge in [0.1, 0.15) is 0 Å². The summed E-state index contributed by atoms with van der Waals surface area (Å²) in [6.07, 6.45) is 3.99. The zero-order chi connectivity index (χ0) is 17.0. The normalized spacial score (nSPS) is 12.4. The van der Waals surface area contributed by atoms with Crippen molar-refractivity contribution in [3.63, 3.8) is 0 Å². The van der Waals surface area contributed by atoms with E-state index in [-0.39, 0.29) is 12.1 Å². The zero-order valence-corrected chi connectivity index (χ0v) is 15.4. The molecule has 0 saturated heterocycles. The molecule has 6 heteroatoms. The monoisotopic (exact) mass is 334 g/mol. The molecule has 2 rings (SSSR count). The van der Waals surface area contributed by atoms with Gasteiger partial charge in [0, 0.05) is 43.3 Å². The fourth-order valence-corrected chi connectivity index (χ4v) is 3.52. The van der Waals surface area contributed by atoms with Crippen molar-refractivity contribution in [3.05, 3.63) is 40.1 Å². The number of carbonyl (C=O) groups excluding carboxylic acids is 1. The van der Waals surface area contributed by atoms with Crippen LogP contribution >= 0.6 is 11.3 Å². The number of aromatic nitrogens is 2. The van der Waals surface area contributed by atoms with E-state index in [9.17, 15) is 4.79 Å². The minimum atomic E-state index is -0.0523. The van der Waals surface area contributed by atoms with Gasteiger partial charge in [0.25, 0.3) is 0 Å². The van der Waals surface area contributed by atoms with Gasteiger partial charge in [-0.25, -0.2) is 9.78 Å². The van der Waals surface area contributed by atoms with E-state index in [0.717, 1.165) is 22.1 Å². The fraction of sp³-hybridized carbons (Fsp3) is 0.529. The Balaban J connectivity index is 1.92. The number of urea groups is 1. The SMILES string of the molecule is Cc1nc(C(C)C)sc1C(C)N(C)C(=O)NCCn1cccc1. The number of nitrogens with zero attached hydrogens (tertiary/aromatic N) is 3. The van der Waals surface area contributed by atoms with Crippen LogP contribution in [0.5, 0.6) is 0 Å². The fourth-order valence-electron chi connectivity index (χ4n) is 2.35. The molecule has 5 nitrogen and oxygen atoms in total. The number of thiazole rings is 1. The van der Waals surface area contributed by atoms with Gasteiger partial charge in [0.15, 0.2) is 0 Å². The van der Waals surface area contributed by atoms with E-state index >= 15 is 0 Å². The molecule has 0 bridgehead atoms. The molecular weight excluding hydrogens is 308 g/mol. The molecular formula is C17H26N4OS. The van der Waals surface area contributed by atoms with Gasteiger partial charge >= 0.3 is 6.03 Å². The molecule has 0 aliphatic heterocycles. The van der Waals surface area contributed by atoms with Crippen molar-refractivity contribution in [1.82, 2.24) is 19.8 Å². The number of nitrogens with one attached hydrogen (secondary N) is 1. The largest absolute Gasteiger partial charge is 0.353 e.